The summed E-state index contributed by atoms with van der Waals surface area (Å²) in [5.41, 5.74) is 7.76. The summed E-state index contributed by atoms with van der Waals surface area (Å²) in [6, 6.07) is 8.20. The lowest BCUT2D eigenvalue weighted by atomic mass is 9.83. The first-order chi connectivity index (χ1) is 17.8. The molecule has 10 heteroatoms. The van der Waals surface area contributed by atoms with Gasteiger partial charge in [0.25, 0.3) is 0 Å². The fourth-order valence-electron chi connectivity index (χ4n) is 5.70. The van der Waals surface area contributed by atoms with Crippen molar-refractivity contribution in [2.45, 2.75) is 51.1 Å². The number of carboxylic acids is 1. The van der Waals surface area contributed by atoms with Crippen LogP contribution in [0.2, 0.25) is 0 Å². The third-order valence-corrected chi connectivity index (χ3v) is 7.63. The summed E-state index contributed by atoms with van der Waals surface area (Å²) in [6.45, 7) is 4.85. The molecule has 0 unspecified atom stereocenters. The molecule has 5 N–H and O–H groups in total. The number of unbranched alkanes of at least 4 members (excludes halogenated alkanes) is 1. The van der Waals surface area contributed by atoms with Gasteiger partial charge in [-0.25, -0.2) is 0 Å². The first kappa shape index (κ1) is 26.8. The van der Waals surface area contributed by atoms with Crippen molar-refractivity contribution in [2.24, 2.45) is 11.7 Å². The fourth-order valence-corrected chi connectivity index (χ4v) is 5.70. The van der Waals surface area contributed by atoms with Gasteiger partial charge in [-0.05, 0) is 30.0 Å². The maximum absolute atomic E-state index is 13.3. The van der Waals surface area contributed by atoms with E-state index in [-0.39, 0.29) is 36.7 Å². The van der Waals surface area contributed by atoms with Crippen LogP contribution in [0.3, 0.4) is 0 Å². The largest absolute Gasteiger partial charge is 0.494 e. The Morgan fingerprint density at radius 1 is 1.16 bits per heavy atom. The molecule has 2 aromatic rings. The molecule has 37 heavy (non-hydrogen) atoms. The van der Waals surface area contributed by atoms with Crippen LogP contribution in [0.15, 0.2) is 30.3 Å². The van der Waals surface area contributed by atoms with Gasteiger partial charge in [-0.2, -0.15) is 0 Å². The van der Waals surface area contributed by atoms with Crippen LogP contribution < -0.4 is 10.5 Å². The quantitative estimate of drug-likeness (QED) is 0.337. The lowest BCUT2D eigenvalue weighted by molar-refractivity contribution is -0.143. The molecular formula is C27H38N4O6. The van der Waals surface area contributed by atoms with Gasteiger partial charge in [-0.3, -0.25) is 19.1 Å². The van der Waals surface area contributed by atoms with Crippen LogP contribution in [0.4, 0.5) is 0 Å². The Kier molecular flexibility index (Phi) is 8.60. The summed E-state index contributed by atoms with van der Waals surface area (Å²) in [4.78, 5) is 29.7. The van der Waals surface area contributed by atoms with E-state index in [0.29, 0.717) is 39.2 Å². The zero-order valence-corrected chi connectivity index (χ0v) is 21.4. The molecule has 0 radical (unpaired) electrons. The number of carbonyl (C=O) groups is 2. The van der Waals surface area contributed by atoms with Crippen molar-refractivity contribution in [3.63, 3.8) is 0 Å². The number of aromatic nitrogens is 1. The Morgan fingerprint density at radius 2 is 1.92 bits per heavy atom. The van der Waals surface area contributed by atoms with Gasteiger partial charge in [0.15, 0.2) is 11.8 Å². The van der Waals surface area contributed by atoms with Gasteiger partial charge in [-0.15, -0.1) is 0 Å². The van der Waals surface area contributed by atoms with Crippen LogP contribution in [0, 0.1) is 5.92 Å². The topological polar surface area (TPSA) is 141 Å². The van der Waals surface area contributed by atoms with E-state index in [1.165, 1.54) is 16.7 Å². The first-order valence-electron chi connectivity index (χ1n) is 13.1. The molecule has 4 rings (SSSR count). The molecule has 1 amide bonds. The number of nitrogens with zero attached hydrogens (tertiary/aromatic N) is 3. The smallest absolute Gasteiger partial charge is 0.308 e. The second kappa shape index (κ2) is 11.9. The minimum absolute atomic E-state index is 0.0669. The minimum Gasteiger partial charge on any atom is -0.494 e. The Balaban J connectivity index is 1.61. The van der Waals surface area contributed by atoms with Gasteiger partial charge in [0.05, 0.1) is 19.1 Å². The first-order valence-corrected chi connectivity index (χ1v) is 13.1. The van der Waals surface area contributed by atoms with Crippen LogP contribution in [0.25, 0.3) is 0 Å². The summed E-state index contributed by atoms with van der Waals surface area (Å²) in [5.74, 6) is -1.40. The van der Waals surface area contributed by atoms with Crippen molar-refractivity contribution in [2.75, 3.05) is 39.3 Å². The highest BCUT2D eigenvalue weighted by Gasteiger charge is 2.47. The van der Waals surface area contributed by atoms with Gasteiger partial charge in [0.1, 0.15) is 5.75 Å². The second-order valence-corrected chi connectivity index (χ2v) is 9.95. The van der Waals surface area contributed by atoms with Gasteiger partial charge < -0.3 is 30.7 Å². The Bertz CT molecular complexity index is 1080. The van der Waals surface area contributed by atoms with Crippen molar-refractivity contribution < 1.29 is 29.6 Å². The summed E-state index contributed by atoms with van der Waals surface area (Å²) in [7, 11) is 0. The van der Waals surface area contributed by atoms with Crippen LogP contribution in [-0.4, -0.2) is 86.9 Å². The van der Waals surface area contributed by atoms with Crippen molar-refractivity contribution in [1.29, 1.82) is 0 Å². The summed E-state index contributed by atoms with van der Waals surface area (Å²) < 4.78 is 6.98. The number of aliphatic carboxylic acids is 1. The average molecular weight is 515 g/mol. The van der Waals surface area contributed by atoms with Crippen molar-refractivity contribution in [3.05, 3.63) is 41.5 Å². The molecule has 1 aromatic carbocycles. The van der Waals surface area contributed by atoms with E-state index in [1.807, 2.05) is 23.1 Å². The number of hydrogen-bond acceptors (Lipinski definition) is 7. The van der Waals surface area contributed by atoms with E-state index < -0.39 is 17.9 Å². The number of nitrogens with two attached hydrogens (primary N) is 1. The predicted octanol–water partition coefficient (Wildman–Crippen LogP) is 1.98. The van der Waals surface area contributed by atoms with E-state index in [0.717, 1.165) is 36.1 Å². The van der Waals surface area contributed by atoms with Crippen molar-refractivity contribution in [3.8, 4) is 17.5 Å². The zero-order valence-electron chi connectivity index (χ0n) is 21.4. The standard InChI is InChI=1S/C27H38N4O6/c1-2-3-11-29(13-10-28)25(34)17-30-16-20(18-4-5-22-19(15-18)9-14-37-22)26(27(35)36)21(30)8-12-31-23(32)6-7-24(31)33/h4-7,15,20-21,26,32-33H,2-3,8-14,16-17,28H2,1H3,(H,35,36)/t20-,21+,26-/m1/s1. The Morgan fingerprint density at radius 3 is 2.59 bits per heavy atom. The third-order valence-electron chi connectivity index (χ3n) is 7.63. The molecule has 0 saturated carbocycles. The summed E-state index contributed by atoms with van der Waals surface area (Å²) >= 11 is 0. The Hall–Kier alpha value is -3.24. The van der Waals surface area contributed by atoms with Gasteiger partial charge in [0, 0.05) is 63.2 Å². The average Bonchev–Trinajstić information content (AvgIpc) is 3.57. The minimum atomic E-state index is -0.924. The highest BCUT2D eigenvalue weighted by molar-refractivity contribution is 5.79. The normalized spacial score (nSPS) is 21.1. The molecule has 202 valence electrons. The van der Waals surface area contributed by atoms with E-state index in [9.17, 15) is 24.9 Å². The highest BCUT2D eigenvalue weighted by Crippen LogP contribution is 2.41. The van der Waals surface area contributed by atoms with Crippen LogP contribution >= 0.6 is 0 Å². The van der Waals surface area contributed by atoms with E-state index in [2.05, 4.69) is 6.92 Å². The SMILES string of the molecule is CCCCN(CCN)C(=O)CN1C[C@H](c2ccc3c(c2)CCO3)[C@@H](C(=O)O)[C@@H]1CCn1c(O)ccc1O. The predicted molar refractivity (Wildman–Crippen MR) is 138 cm³/mol. The number of fused-ring (bicyclic) bond motifs is 1. The number of rotatable bonds is 12. The number of ether oxygens (including phenoxy) is 1. The number of carboxylic acid groups (broad SMARTS) is 1. The van der Waals surface area contributed by atoms with Crippen LogP contribution in [-0.2, 0) is 22.6 Å². The molecule has 2 aliphatic heterocycles. The number of aromatic hydroxyl groups is 2. The molecule has 2 aliphatic rings. The zero-order chi connectivity index (χ0) is 26.5. The molecule has 3 atom stereocenters. The molecule has 0 spiro atoms. The maximum atomic E-state index is 13.3. The molecule has 1 fully saturated rings. The highest BCUT2D eigenvalue weighted by atomic mass is 16.5. The molecule has 0 aliphatic carbocycles. The summed E-state index contributed by atoms with van der Waals surface area (Å²) in [5, 5.41) is 30.6. The van der Waals surface area contributed by atoms with Gasteiger partial charge >= 0.3 is 5.97 Å². The number of benzene rings is 1. The van der Waals surface area contributed by atoms with Crippen LogP contribution in [0.1, 0.15) is 43.2 Å². The van der Waals surface area contributed by atoms with E-state index in [1.54, 1.807) is 4.90 Å². The third kappa shape index (κ3) is 5.86. The lowest BCUT2D eigenvalue weighted by Crippen LogP contribution is -2.46. The lowest BCUT2D eigenvalue weighted by Gasteiger charge is -2.29. The van der Waals surface area contributed by atoms with Crippen molar-refractivity contribution in [1.82, 2.24) is 14.4 Å². The number of carbonyl (C=O) groups excluding carboxylic acids is 1. The second-order valence-electron chi connectivity index (χ2n) is 9.95. The summed E-state index contributed by atoms with van der Waals surface area (Å²) in [6.07, 6.45) is 2.96. The molecule has 0 bridgehead atoms. The molecular weight excluding hydrogens is 476 g/mol. The monoisotopic (exact) mass is 514 g/mol. The molecule has 1 aromatic heterocycles. The maximum Gasteiger partial charge on any atom is 0.308 e. The molecule has 3 heterocycles. The fraction of sp³-hybridized carbons (Fsp3) is 0.556. The molecule has 1 saturated heterocycles. The Labute approximate surface area is 217 Å². The van der Waals surface area contributed by atoms with E-state index in [4.69, 9.17) is 10.5 Å². The number of likely N-dealkylation sites (tertiary alicyclic amines) is 1. The molecule has 10 nitrogen and oxygen atoms in total. The van der Waals surface area contributed by atoms with Crippen LogP contribution in [0.5, 0.6) is 17.5 Å². The number of hydrogen-bond donors (Lipinski definition) is 4. The van der Waals surface area contributed by atoms with Gasteiger partial charge in [0.2, 0.25) is 5.91 Å². The van der Waals surface area contributed by atoms with Crippen molar-refractivity contribution >= 4 is 11.9 Å². The van der Waals surface area contributed by atoms with E-state index >= 15 is 0 Å². The number of amides is 1. The van der Waals surface area contributed by atoms with Gasteiger partial charge in [-0.1, -0.05) is 25.5 Å².